The summed E-state index contributed by atoms with van der Waals surface area (Å²) in [4.78, 5) is 46.8. The number of rotatable bonds is 7. The first-order chi connectivity index (χ1) is 14.6. The normalized spacial score (nSPS) is 15.9. The van der Waals surface area contributed by atoms with E-state index >= 15 is 0 Å². The summed E-state index contributed by atoms with van der Waals surface area (Å²) in [6, 6.07) is 13.8. The number of nitrogens with zero attached hydrogens (tertiary/aromatic N) is 3. The molecular formula is C21H19N5O3S. The molecule has 0 saturated carbocycles. The summed E-state index contributed by atoms with van der Waals surface area (Å²) in [6.07, 6.45) is 2.09. The SMILES string of the molecule is O=C(C[C@H]1NC(=O)N(CCc2ccccc2)C1=O)Nc1nc(-c2ccccn2)cs1. The molecule has 9 heteroatoms. The number of carbonyl (C=O) groups is 3. The number of pyridine rings is 1. The third kappa shape index (κ3) is 4.52. The fourth-order valence-electron chi connectivity index (χ4n) is 3.13. The molecule has 8 nitrogen and oxygen atoms in total. The van der Waals surface area contributed by atoms with Gasteiger partial charge in [0.2, 0.25) is 5.91 Å². The van der Waals surface area contributed by atoms with Crippen LogP contribution >= 0.6 is 11.3 Å². The van der Waals surface area contributed by atoms with E-state index in [1.165, 1.54) is 11.3 Å². The monoisotopic (exact) mass is 421 g/mol. The second-order valence-electron chi connectivity index (χ2n) is 6.73. The molecule has 4 rings (SSSR count). The number of hydrogen-bond donors (Lipinski definition) is 2. The number of hydrogen-bond acceptors (Lipinski definition) is 6. The Kier molecular flexibility index (Phi) is 5.80. The molecule has 2 aromatic heterocycles. The minimum atomic E-state index is -0.872. The number of urea groups is 1. The van der Waals surface area contributed by atoms with Crippen LogP contribution in [0.25, 0.3) is 11.4 Å². The van der Waals surface area contributed by atoms with Crippen molar-refractivity contribution in [1.82, 2.24) is 20.2 Å². The fraction of sp³-hybridized carbons (Fsp3) is 0.190. The predicted octanol–water partition coefficient (Wildman–Crippen LogP) is 2.70. The standard InChI is InChI=1S/C21H19N5O3S/c27-18(25-20-23-17(13-30-20)15-8-4-5-10-22-15)12-16-19(28)26(21(29)24-16)11-9-14-6-2-1-3-7-14/h1-8,10,13,16H,9,11-12H2,(H,24,29)(H,23,25,27)/t16-/m1/s1. The maximum atomic E-state index is 12.6. The van der Waals surface area contributed by atoms with Crippen LogP contribution in [-0.4, -0.2) is 45.3 Å². The maximum Gasteiger partial charge on any atom is 0.324 e. The molecular weight excluding hydrogens is 402 g/mol. The minimum Gasteiger partial charge on any atom is -0.325 e. The van der Waals surface area contributed by atoms with Crippen LogP contribution in [0, 0.1) is 0 Å². The third-order valence-corrected chi connectivity index (χ3v) is 5.40. The molecule has 1 aliphatic rings. The van der Waals surface area contributed by atoms with Crippen molar-refractivity contribution in [2.45, 2.75) is 18.9 Å². The van der Waals surface area contributed by atoms with E-state index in [2.05, 4.69) is 20.6 Å². The first-order valence-electron chi connectivity index (χ1n) is 9.43. The Morgan fingerprint density at radius 2 is 1.90 bits per heavy atom. The highest BCUT2D eigenvalue weighted by atomic mass is 32.1. The summed E-state index contributed by atoms with van der Waals surface area (Å²) < 4.78 is 0. The van der Waals surface area contributed by atoms with Crippen molar-refractivity contribution < 1.29 is 14.4 Å². The Balaban J connectivity index is 1.32. The smallest absolute Gasteiger partial charge is 0.324 e. The highest BCUT2D eigenvalue weighted by molar-refractivity contribution is 7.14. The lowest BCUT2D eigenvalue weighted by molar-refractivity contribution is -0.129. The van der Waals surface area contributed by atoms with Crippen LogP contribution in [-0.2, 0) is 16.0 Å². The highest BCUT2D eigenvalue weighted by Crippen LogP contribution is 2.23. The Morgan fingerprint density at radius 1 is 1.10 bits per heavy atom. The molecule has 0 radical (unpaired) electrons. The molecule has 3 aromatic rings. The van der Waals surface area contributed by atoms with E-state index in [-0.39, 0.29) is 24.8 Å². The molecule has 1 atom stereocenters. The van der Waals surface area contributed by atoms with Crippen LogP contribution in [0.2, 0.25) is 0 Å². The largest absolute Gasteiger partial charge is 0.325 e. The predicted molar refractivity (Wildman–Crippen MR) is 113 cm³/mol. The van der Waals surface area contributed by atoms with Crippen molar-refractivity contribution in [3.63, 3.8) is 0 Å². The van der Waals surface area contributed by atoms with Crippen LogP contribution in [0.4, 0.5) is 9.93 Å². The van der Waals surface area contributed by atoms with E-state index < -0.39 is 12.1 Å². The Hall–Kier alpha value is -3.59. The second-order valence-corrected chi connectivity index (χ2v) is 7.59. The van der Waals surface area contributed by atoms with Crippen LogP contribution in [0.1, 0.15) is 12.0 Å². The Morgan fingerprint density at radius 3 is 2.67 bits per heavy atom. The number of carbonyl (C=O) groups excluding carboxylic acids is 3. The van der Waals surface area contributed by atoms with Crippen LogP contribution < -0.4 is 10.6 Å². The van der Waals surface area contributed by atoms with Gasteiger partial charge in [0.25, 0.3) is 5.91 Å². The summed E-state index contributed by atoms with van der Waals surface area (Å²) in [6.45, 7) is 0.271. The van der Waals surface area contributed by atoms with Crippen LogP contribution in [0.5, 0.6) is 0 Å². The molecule has 1 fully saturated rings. The lowest BCUT2D eigenvalue weighted by Gasteiger charge is -2.12. The lowest BCUT2D eigenvalue weighted by atomic mass is 10.1. The Bertz CT molecular complexity index is 1050. The van der Waals surface area contributed by atoms with E-state index in [1.54, 1.807) is 11.6 Å². The Labute approximate surface area is 177 Å². The van der Waals surface area contributed by atoms with E-state index in [0.29, 0.717) is 22.9 Å². The first kappa shape index (κ1) is 19.7. The lowest BCUT2D eigenvalue weighted by Crippen LogP contribution is -2.34. The van der Waals surface area contributed by atoms with Gasteiger partial charge in [0.1, 0.15) is 11.7 Å². The molecule has 1 aliphatic heterocycles. The summed E-state index contributed by atoms with van der Waals surface area (Å²) in [7, 11) is 0. The summed E-state index contributed by atoms with van der Waals surface area (Å²) >= 11 is 1.27. The average molecular weight is 421 g/mol. The molecule has 0 unspecified atom stereocenters. The van der Waals surface area contributed by atoms with Gasteiger partial charge in [-0.15, -0.1) is 11.3 Å². The molecule has 4 amide bonds. The quantitative estimate of drug-likeness (QED) is 0.571. The summed E-state index contributed by atoms with van der Waals surface area (Å²) in [5.74, 6) is -0.778. The van der Waals surface area contributed by atoms with Gasteiger partial charge in [-0.25, -0.2) is 9.78 Å². The van der Waals surface area contributed by atoms with Crippen LogP contribution in [0.15, 0.2) is 60.1 Å². The number of amides is 4. The first-order valence-corrected chi connectivity index (χ1v) is 10.3. The second kappa shape index (κ2) is 8.83. The molecule has 2 N–H and O–H groups in total. The summed E-state index contributed by atoms with van der Waals surface area (Å²) in [5.41, 5.74) is 2.40. The van der Waals surface area contributed by atoms with Gasteiger partial charge in [-0.2, -0.15) is 0 Å². The zero-order valence-corrected chi connectivity index (χ0v) is 16.8. The number of benzene rings is 1. The third-order valence-electron chi connectivity index (χ3n) is 4.64. The summed E-state index contributed by atoms with van der Waals surface area (Å²) in [5, 5.41) is 7.49. The molecule has 0 bridgehead atoms. The van der Waals surface area contributed by atoms with Crippen molar-refractivity contribution in [2.75, 3.05) is 11.9 Å². The van der Waals surface area contributed by atoms with E-state index in [1.807, 2.05) is 48.5 Å². The van der Waals surface area contributed by atoms with Gasteiger partial charge in [0.05, 0.1) is 12.1 Å². The van der Waals surface area contributed by atoms with Crippen molar-refractivity contribution in [3.8, 4) is 11.4 Å². The van der Waals surface area contributed by atoms with E-state index in [4.69, 9.17) is 0 Å². The number of thiazole rings is 1. The number of imide groups is 1. The molecule has 1 saturated heterocycles. The minimum absolute atomic E-state index is 0.148. The molecule has 30 heavy (non-hydrogen) atoms. The fourth-order valence-corrected chi connectivity index (χ4v) is 3.85. The van der Waals surface area contributed by atoms with E-state index in [0.717, 1.165) is 10.5 Å². The highest BCUT2D eigenvalue weighted by Gasteiger charge is 2.38. The van der Waals surface area contributed by atoms with Crippen molar-refractivity contribution in [2.24, 2.45) is 0 Å². The van der Waals surface area contributed by atoms with Gasteiger partial charge in [-0.1, -0.05) is 36.4 Å². The van der Waals surface area contributed by atoms with Crippen molar-refractivity contribution in [3.05, 3.63) is 65.7 Å². The van der Waals surface area contributed by atoms with Gasteiger partial charge in [-0.05, 0) is 24.1 Å². The van der Waals surface area contributed by atoms with Crippen LogP contribution in [0.3, 0.4) is 0 Å². The van der Waals surface area contributed by atoms with Gasteiger partial charge in [0, 0.05) is 18.1 Å². The molecule has 1 aromatic carbocycles. The molecule has 3 heterocycles. The maximum absolute atomic E-state index is 12.6. The van der Waals surface area contributed by atoms with Crippen molar-refractivity contribution >= 4 is 34.3 Å². The van der Waals surface area contributed by atoms with Gasteiger partial charge in [-0.3, -0.25) is 19.5 Å². The number of nitrogens with one attached hydrogen (secondary N) is 2. The van der Waals surface area contributed by atoms with Gasteiger partial charge < -0.3 is 10.6 Å². The average Bonchev–Trinajstić information content (AvgIpc) is 3.32. The molecule has 0 spiro atoms. The topological polar surface area (TPSA) is 104 Å². The van der Waals surface area contributed by atoms with Crippen molar-refractivity contribution in [1.29, 1.82) is 0 Å². The van der Waals surface area contributed by atoms with Gasteiger partial charge >= 0.3 is 6.03 Å². The van der Waals surface area contributed by atoms with E-state index in [9.17, 15) is 14.4 Å². The molecule has 152 valence electrons. The zero-order valence-electron chi connectivity index (χ0n) is 15.9. The zero-order chi connectivity index (χ0) is 20.9. The van der Waals surface area contributed by atoms with Gasteiger partial charge in [0.15, 0.2) is 5.13 Å². The number of aromatic nitrogens is 2. The number of anilines is 1. The molecule has 0 aliphatic carbocycles.